The zero-order valence-electron chi connectivity index (χ0n) is 5.12. The Morgan fingerprint density at radius 2 is 2.00 bits per heavy atom. The summed E-state index contributed by atoms with van der Waals surface area (Å²) in [4.78, 5) is 11.5. The average Bonchev–Trinajstić information content (AvgIpc) is 1.91. The Hall–Kier alpha value is -0.990. The summed E-state index contributed by atoms with van der Waals surface area (Å²) < 4.78 is 0. The third-order valence-corrected chi connectivity index (χ3v) is 0.947. The highest BCUT2D eigenvalue weighted by atomic mass is 15.0. The molecule has 0 fully saturated rings. The molecule has 47 valence electrons. The summed E-state index contributed by atoms with van der Waals surface area (Å²) >= 11 is 0. The molecule has 0 aliphatic heterocycles. The summed E-state index contributed by atoms with van der Waals surface area (Å²) in [6, 6.07) is 0. The fraction of sp³-hybridized carbons (Fsp3) is 0.333. The summed E-state index contributed by atoms with van der Waals surface area (Å²) in [5.74, 6) is 0.819. The lowest BCUT2D eigenvalue weighted by Gasteiger charge is -1.90. The minimum absolute atomic E-state index is 0.819. The number of hydrogen-bond donors (Lipinski definition) is 0. The van der Waals surface area contributed by atoms with Crippen molar-refractivity contribution < 1.29 is 0 Å². The van der Waals surface area contributed by atoms with E-state index >= 15 is 0 Å². The fourth-order valence-electron chi connectivity index (χ4n) is 0.550. The number of hydrogen-bond acceptors (Lipinski definition) is 3. The molecular weight excluding hydrogens is 114 g/mol. The second kappa shape index (κ2) is 3.12. The van der Waals surface area contributed by atoms with E-state index in [4.69, 9.17) is 0 Å². The zero-order valence-corrected chi connectivity index (χ0v) is 5.12. The molecule has 0 amide bonds. The molecule has 0 N–H and O–H groups in total. The zero-order chi connectivity index (χ0) is 6.53. The first kappa shape index (κ1) is 6.13. The first-order valence-electron chi connectivity index (χ1n) is 2.83. The van der Waals surface area contributed by atoms with E-state index in [2.05, 4.69) is 21.9 Å². The van der Waals surface area contributed by atoms with Crippen LogP contribution in [0.2, 0.25) is 0 Å². The monoisotopic (exact) mass is 122 g/mol. The number of rotatable bonds is 2. The molecule has 1 aromatic heterocycles. The first-order valence-corrected chi connectivity index (χ1v) is 2.83. The van der Waals surface area contributed by atoms with E-state index < -0.39 is 0 Å². The summed E-state index contributed by atoms with van der Waals surface area (Å²) in [6.45, 7) is 3.68. The van der Waals surface area contributed by atoms with Gasteiger partial charge in [0.2, 0.25) is 0 Å². The Kier molecular flexibility index (Phi) is 2.13. The molecule has 3 heteroatoms. The minimum Gasteiger partial charge on any atom is -0.225 e. The molecule has 1 radical (unpaired) electrons. The number of aromatic nitrogens is 3. The molecule has 0 bridgehead atoms. The van der Waals surface area contributed by atoms with Gasteiger partial charge in [-0.3, -0.25) is 0 Å². The summed E-state index contributed by atoms with van der Waals surface area (Å²) in [5.41, 5.74) is 0. The van der Waals surface area contributed by atoms with Crippen LogP contribution in [0.3, 0.4) is 0 Å². The van der Waals surface area contributed by atoms with Crippen LogP contribution in [-0.4, -0.2) is 15.0 Å². The van der Waals surface area contributed by atoms with Crippen LogP contribution in [0.1, 0.15) is 12.2 Å². The first-order chi connectivity index (χ1) is 4.43. The predicted molar refractivity (Wildman–Crippen MR) is 33.5 cm³/mol. The fourth-order valence-corrected chi connectivity index (χ4v) is 0.550. The third kappa shape index (κ3) is 1.76. The lowest BCUT2D eigenvalue weighted by atomic mass is 10.3. The van der Waals surface area contributed by atoms with E-state index in [-0.39, 0.29) is 0 Å². The van der Waals surface area contributed by atoms with Crippen LogP contribution in [0.25, 0.3) is 0 Å². The summed E-state index contributed by atoms with van der Waals surface area (Å²) in [5, 5.41) is 0. The van der Waals surface area contributed by atoms with Crippen molar-refractivity contribution in [3.8, 4) is 0 Å². The molecule has 0 unspecified atom stereocenters. The Labute approximate surface area is 54.2 Å². The van der Waals surface area contributed by atoms with Crippen LogP contribution in [-0.2, 0) is 6.42 Å². The second-order valence-electron chi connectivity index (χ2n) is 1.66. The van der Waals surface area contributed by atoms with Gasteiger partial charge >= 0.3 is 0 Å². The van der Waals surface area contributed by atoms with Crippen molar-refractivity contribution >= 4 is 0 Å². The molecule has 0 saturated heterocycles. The SMILES string of the molecule is [CH2]CCc1ncncn1. The molecule has 0 atom stereocenters. The van der Waals surface area contributed by atoms with Crippen molar-refractivity contribution in [3.63, 3.8) is 0 Å². The van der Waals surface area contributed by atoms with Gasteiger partial charge in [0.15, 0.2) is 0 Å². The van der Waals surface area contributed by atoms with Gasteiger partial charge in [-0.2, -0.15) is 0 Å². The quantitative estimate of drug-likeness (QED) is 0.577. The van der Waals surface area contributed by atoms with Crippen molar-refractivity contribution in [2.24, 2.45) is 0 Å². The maximum atomic E-state index is 3.91. The maximum Gasteiger partial charge on any atom is 0.131 e. The van der Waals surface area contributed by atoms with Crippen molar-refractivity contribution in [2.75, 3.05) is 0 Å². The van der Waals surface area contributed by atoms with Gasteiger partial charge in [-0.1, -0.05) is 6.92 Å². The van der Waals surface area contributed by atoms with Gasteiger partial charge in [0.05, 0.1) is 0 Å². The van der Waals surface area contributed by atoms with Gasteiger partial charge in [-0.25, -0.2) is 15.0 Å². The van der Waals surface area contributed by atoms with Gasteiger partial charge in [0, 0.05) is 6.42 Å². The van der Waals surface area contributed by atoms with E-state index in [1.165, 1.54) is 12.7 Å². The molecule has 1 heterocycles. The molecular formula is C6H8N3. The molecule has 0 aliphatic rings. The number of nitrogens with zero attached hydrogens (tertiary/aromatic N) is 3. The van der Waals surface area contributed by atoms with Crippen LogP contribution >= 0.6 is 0 Å². The lowest BCUT2D eigenvalue weighted by Crippen LogP contribution is -1.92. The van der Waals surface area contributed by atoms with E-state index in [9.17, 15) is 0 Å². The smallest absolute Gasteiger partial charge is 0.131 e. The average molecular weight is 122 g/mol. The van der Waals surface area contributed by atoms with Crippen molar-refractivity contribution in [3.05, 3.63) is 25.4 Å². The van der Waals surface area contributed by atoms with Crippen LogP contribution < -0.4 is 0 Å². The topological polar surface area (TPSA) is 38.7 Å². The Balaban J connectivity index is 2.61. The Morgan fingerprint density at radius 1 is 1.33 bits per heavy atom. The van der Waals surface area contributed by atoms with E-state index in [0.29, 0.717) is 0 Å². The van der Waals surface area contributed by atoms with Crippen molar-refractivity contribution in [1.82, 2.24) is 15.0 Å². The van der Waals surface area contributed by atoms with Gasteiger partial charge in [-0.15, -0.1) is 0 Å². The van der Waals surface area contributed by atoms with E-state index in [1.807, 2.05) is 0 Å². The summed E-state index contributed by atoms with van der Waals surface area (Å²) in [7, 11) is 0. The van der Waals surface area contributed by atoms with Crippen LogP contribution in [0, 0.1) is 6.92 Å². The van der Waals surface area contributed by atoms with Crippen LogP contribution in [0.15, 0.2) is 12.7 Å². The second-order valence-corrected chi connectivity index (χ2v) is 1.66. The molecule has 0 saturated carbocycles. The van der Waals surface area contributed by atoms with Crippen LogP contribution in [0.4, 0.5) is 0 Å². The van der Waals surface area contributed by atoms with Crippen molar-refractivity contribution in [2.45, 2.75) is 12.8 Å². The summed E-state index contributed by atoms with van der Waals surface area (Å²) in [6.07, 6.45) is 4.67. The number of aryl methyl sites for hydroxylation is 1. The highest BCUT2D eigenvalue weighted by Gasteiger charge is 1.88. The van der Waals surface area contributed by atoms with Gasteiger partial charge < -0.3 is 0 Å². The molecule has 0 aliphatic carbocycles. The normalized spacial score (nSPS) is 9.44. The van der Waals surface area contributed by atoms with Gasteiger partial charge in [-0.05, 0) is 6.42 Å². The highest BCUT2D eigenvalue weighted by molar-refractivity contribution is 4.80. The molecule has 9 heavy (non-hydrogen) atoms. The minimum atomic E-state index is 0.819. The Bertz CT molecular complexity index is 161. The molecule has 1 rings (SSSR count). The molecule has 0 spiro atoms. The molecule has 3 nitrogen and oxygen atoms in total. The van der Waals surface area contributed by atoms with Crippen LogP contribution in [0.5, 0.6) is 0 Å². The van der Waals surface area contributed by atoms with Crippen molar-refractivity contribution in [1.29, 1.82) is 0 Å². The standard InChI is InChI=1S/C6H8N3/c1-2-3-6-8-4-7-5-9-6/h4-5H,1-3H2. The molecule has 0 aromatic carbocycles. The predicted octanol–water partition coefficient (Wildman–Crippen LogP) is 0.638. The molecule has 1 aromatic rings. The van der Waals surface area contributed by atoms with E-state index in [1.54, 1.807) is 0 Å². The largest absolute Gasteiger partial charge is 0.225 e. The lowest BCUT2D eigenvalue weighted by molar-refractivity contribution is 0.849. The third-order valence-electron chi connectivity index (χ3n) is 0.947. The highest BCUT2D eigenvalue weighted by Crippen LogP contribution is 1.89. The van der Waals surface area contributed by atoms with Gasteiger partial charge in [0.1, 0.15) is 18.5 Å². The van der Waals surface area contributed by atoms with E-state index in [0.717, 1.165) is 18.7 Å². The maximum absolute atomic E-state index is 3.91. The van der Waals surface area contributed by atoms with Gasteiger partial charge in [0.25, 0.3) is 0 Å². The Morgan fingerprint density at radius 3 is 2.56 bits per heavy atom.